The summed E-state index contributed by atoms with van der Waals surface area (Å²) in [6, 6.07) is 9.10. The first kappa shape index (κ1) is 15.7. The lowest BCUT2D eigenvalue weighted by Crippen LogP contribution is -2.24. The van der Waals surface area contributed by atoms with Gasteiger partial charge in [-0.3, -0.25) is 0 Å². The van der Waals surface area contributed by atoms with Crippen LogP contribution in [0, 0.1) is 0 Å². The first-order valence-corrected chi connectivity index (χ1v) is 9.28. The molecule has 0 saturated heterocycles. The van der Waals surface area contributed by atoms with Gasteiger partial charge in [0.15, 0.2) is 0 Å². The summed E-state index contributed by atoms with van der Waals surface area (Å²) >= 11 is 0. The highest BCUT2D eigenvalue weighted by Gasteiger charge is 2.20. The largest absolute Gasteiger partial charge is 0.267 e. The Labute approximate surface area is 124 Å². The molecule has 2 aromatic rings. The molecule has 0 radical (unpaired) electrons. The summed E-state index contributed by atoms with van der Waals surface area (Å²) in [5.74, 6) is 0. The molecule has 0 aliphatic carbocycles. The molecule has 1 aromatic heterocycles. The minimum atomic E-state index is -3.77. The lowest BCUT2D eigenvalue weighted by molar-refractivity contribution is 0.580. The van der Waals surface area contributed by atoms with E-state index in [0.717, 1.165) is 10.2 Å². The molecule has 0 bridgehead atoms. The Bertz CT molecular complexity index is 809. The first-order valence-electron chi connectivity index (χ1n) is 6.36. The lowest BCUT2D eigenvalue weighted by atomic mass is 10.4. The van der Waals surface area contributed by atoms with E-state index in [2.05, 4.69) is 4.72 Å². The van der Waals surface area contributed by atoms with Crippen molar-refractivity contribution in [3.05, 3.63) is 48.8 Å². The molecule has 2 rings (SSSR count). The molecule has 1 heterocycles. The van der Waals surface area contributed by atoms with Crippen LogP contribution in [0.25, 0.3) is 0 Å². The summed E-state index contributed by atoms with van der Waals surface area (Å²) in [6.07, 6.45) is 2.98. The van der Waals surface area contributed by atoms with Crippen LogP contribution >= 0.6 is 0 Å². The summed E-state index contributed by atoms with van der Waals surface area (Å²) in [4.78, 5) is 0.0292. The molecule has 0 fully saturated rings. The highest BCUT2D eigenvalue weighted by atomic mass is 32.2. The van der Waals surface area contributed by atoms with Gasteiger partial charge in [-0.25, -0.2) is 25.5 Å². The van der Waals surface area contributed by atoms with Crippen molar-refractivity contribution in [3.8, 4) is 0 Å². The van der Waals surface area contributed by atoms with Gasteiger partial charge in [0.25, 0.3) is 10.0 Å². The zero-order valence-electron chi connectivity index (χ0n) is 11.4. The van der Waals surface area contributed by atoms with Gasteiger partial charge in [0, 0.05) is 18.9 Å². The van der Waals surface area contributed by atoms with Crippen molar-refractivity contribution in [1.82, 2.24) is 8.69 Å². The van der Waals surface area contributed by atoms with Crippen molar-refractivity contribution in [2.45, 2.75) is 23.1 Å². The van der Waals surface area contributed by atoms with Crippen LogP contribution in [0.1, 0.15) is 13.3 Å². The van der Waals surface area contributed by atoms with Gasteiger partial charge >= 0.3 is 0 Å². The maximum absolute atomic E-state index is 12.3. The molecule has 6 nitrogen and oxygen atoms in total. The van der Waals surface area contributed by atoms with Crippen LogP contribution in [0.15, 0.2) is 58.6 Å². The normalized spacial score (nSPS) is 12.4. The van der Waals surface area contributed by atoms with Gasteiger partial charge in [-0.1, -0.05) is 25.1 Å². The molecular formula is C13H16N2O4S2. The van der Waals surface area contributed by atoms with Crippen LogP contribution in [0.4, 0.5) is 0 Å². The van der Waals surface area contributed by atoms with E-state index in [1.807, 2.05) is 6.92 Å². The number of benzene rings is 1. The van der Waals surface area contributed by atoms with Gasteiger partial charge in [0.05, 0.1) is 4.90 Å². The number of nitrogens with zero attached hydrogens (tertiary/aromatic N) is 1. The predicted octanol–water partition coefficient (Wildman–Crippen LogP) is 1.41. The molecule has 0 amide bonds. The van der Waals surface area contributed by atoms with Gasteiger partial charge in [0.1, 0.15) is 4.90 Å². The van der Waals surface area contributed by atoms with E-state index in [1.165, 1.54) is 24.4 Å². The third-order valence-corrected chi connectivity index (χ3v) is 5.91. The minimum absolute atomic E-state index is 0.0737. The summed E-state index contributed by atoms with van der Waals surface area (Å²) in [6.45, 7) is 2.15. The van der Waals surface area contributed by atoms with E-state index in [0.29, 0.717) is 13.0 Å². The Kier molecular flexibility index (Phi) is 4.50. The van der Waals surface area contributed by atoms with Crippen LogP contribution in [0.5, 0.6) is 0 Å². The molecular weight excluding hydrogens is 312 g/mol. The van der Waals surface area contributed by atoms with Crippen molar-refractivity contribution >= 4 is 20.0 Å². The minimum Gasteiger partial charge on any atom is -0.248 e. The highest BCUT2D eigenvalue weighted by molar-refractivity contribution is 7.90. The standard InChI is InChI=1S/C13H16N2O4S2/c1-2-9-14-20(16,17)13-8-10-15(11-13)21(18,19)12-6-4-3-5-7-12/h3-8,10-11,14H,2,9H2,1H3. The number of rotatable bonds is 6. The predicted molar refractivity (Wildman–Crippen MR) is 78.9 cm³/mol. The van der Waals surface area contributed by atoms with Crippen LogP contribution in [0.3, 0.4) is 0 Å². The zero-order valence-corrected chi connectivity index (χ0v) is 13.1. The van der Waals surface area contributed by atoms with E-state index >= 15 is 0 Å². The molecule has 1 aromatic carbocycles. The molecule has 0 spiro atoms. The van der Waals surface area contributed by atoms with E-state index in [4.69, 9.17) is 0 Å². The van der Waals surface area contributed by atoms with Crippen molar-refractivity contribution in [2.75, 3.05) is 6.54 Å². The smallest absolute Gasteiger partial charge is 0.248 e. The molecule has 114 valence electrons. The van der Waals surface area contributed by atoms with Crippen molar-refractivity contribution in [3.63, 3.8) is 0 Å². The molecule has 0 saturated carbocycles. The summed E-state index contributed by atoms with van der Waals surface area (Å²) < 4.78 is 51.9. The third kappa shape index (κ3) is 3.34. The Morgan fingerprint density at radius 1 is 1.00 bits per heavy atom. The molecule has 0 aliphatic rings. The molecule has 0 atom stereocenters. The topological polar surface area (TPSA) is 85.2 Å². The molecule has 0 unspecified atom stereocenters. The van der Waals surface area contributed by atoms with E-state index in [9.17, 15) is 16.8 Å². The van der Waals surface area contributed by atoms with Gasteiger partial charge < -0.3 is 0 Å². The second-order valence-electron chi connectivity index (χ2n) is 4.39. The number of aromatic nitrogens is 1. The number of sulfonamides is 1. The second-order valence-corrected chi connectivity index (χ2v) is 8.00. The van der Waals surface area contributed by atoms with E-state index in [-0.39, 0.29) is 9.79 Å². The maximum Gasteiger partial charge on any atom is 0.267 e. The number of nitrogens with one attached hydrogen (secondary N) is 1. The van der Waals surface area contributed by atoms with Gasteiger partial charge in [-0.2, -0.15) is 0 Å². The molecule has 1 N–H and O–H groups in total. The SMILES string of the molecule is CCCNS(=O)(=O)c1ccn(S(=O)(=O)c2ccccc2)c1. The fourth-order valence-corrected chi connectivity index (χ4v) is 4.12. The fourth-order valence-electron chi connectivity index (χ4n) is 1.70. The van der Waals surface area contributed by atoms with Gasteiger partial charge in [0.2, 0.25) is 10.0 Å². The summed E-state index contributed by atoms with van der Waals surface area (Å²) in [7, 11) is -7.45. The van der Waals surface area contributed by atoms with Crippen molar-refractivity contribution < 1.29 is 16.8 Å². The van der Waals surface area contributed by atoms with Crippen LogP contribution < -0.4 is 4.72 Å². The Balaban J connectivity index is 2.37. The second kappa shape index (κ2) is 6.00. The van der Waals surface area contributed by atoms with Crippen LogP contribution in [-0.2, 0) is 20.0 Å². The van der Waals surface area contributed by atoms with Crippen LogP contribution in [-0.4, -0.2) is 27.4 Å². The molecule has 21 heavy (non-hydrogen) atoms. The Hall–Kier alpha value is -1.64. The lowest BCUT2D eigenvalue weighted by Gasteiger charge is -2.05. The number of hydrogen-bond acceptors (Lipinski definition) is 4. The summed E-state index contributed by atoms with van der Waals surface area (Å²) in [5.41, 5.74) is 0. The van der Waals surface area contributed by atoms with Crippen LogP contribution in [0.2, 0.25) is 0 Å². The van der Waals surface area contributed by atoms with Crippen molar-refractivity contribution in [2.24, 2.45) is 0 Å². The van der Waals surface area contributed by atoms with E-state index in [1.54, 1.807) is 18.2 Å². The average Bonchev–Trinajstić information content (AvgIpc) is 2.97. The monoisotopic (exact) mass is 328 g/mol. The summed E-state index contributed by atoms with van der Waals surface area (Å²) in [5, 5.41) is 0. The van der Waals surface area contributed by atoms with Gasteiger partial charge in [-0.15, -0.1) is 0 Å². The molecule has 8 heteroatoms. The zero-order chi connectivity index (χ0) is 15.5. The highest BCUT2D eigenvalue weighted by Crippen LogP contribution is 2.17. The maximum atomic E-state index is 12.3. The quantitative estimate of drug-likeness (QED) is 0.869. The Morgan fingerprint density at radius 2 is 1.67 bits per heavy atom. The van der Waals surface area contributed by atoms with Crippen molar-refractivity contribution in [1.29, 1.82) is 0 Å². The molecule has 0 aliphatic heterocycles. The number of hydrogen-bond donors (Lipinski definition) is 1. The van der Waals surface area contributed by atoms with Gasteiger partial charge in [-0.05, 0) is 24.6 Å². The fraction of sp³-hybridized carbons (Fsp3) is 0.231. The Morgan fingerprint density at radius 3 is 2.29 bits per heavy atom. The van der Waals surface area contributed by atoms with E-state index < -0.39 is 20.0 Å². The third-order valence-electron chi connectivity index (χ3n) is 2.81. The average molecular weight is 328 g/mol. The first-order chi connectivity index (χ1) is 9.88.